The first-order valence-electron chi connectivity index (χ1n) is 4.87. The first-order valence-corrected chi connectivity index (χ1v) is 5.66. The summed E-state index contributed by atoms with van der Waals surface area (Å²) in [6, 6.07) is 11.0. The zero-order valence-corrected chi connectivity index (χ0v) is 10.2. The van der Waals surface area contributed by atoms with Crippen LogP contribution in [-0.4, -0.2) is 11.1 Å². The number of rotatable bonds is 2. The van der Waals surface area contributed by atoms with Crippen LogP contribution in [0.25, 0.3) is 11.1 Å². The van der Waals surface area contributed by atoms with Crippen LogP contribution in [-0.2, 0) is 0 Å². The summed E-state index contributed by atoms with van der Waals surface area (Å²) in [6.07, 6.45) is 0. The Bertz CT molecular complexity index is 564. The molecule has 0 spiro atoms. The van der Waals surface area contributed by atoms with E-state index < -0.39 is 11.8 Å². The fourth-order valence-corrected chi connectivity index (χ4v) is 1.78. The number of carboxylic acids is 1. The highest BCUT2D eigenvalue weighted by molar-refractivity contribution is 9.10. The molecule has 2 aromatic carbocycles. The van der Waals surface area contributed by atoms with E-state index in [0.717, 1.165) is 10.5 Å². The summed E-state index contributed by atoms with van der Waals surface area (Å²) < 4.78 is 14.6. The van der Waals surface area contributed by atoms with Gasteiger partial charge in [0.1, 0.15) is 5.82 Å². The van der Waals surface area contributed by atoms with Crippen molar-refractivity contribution in [3.63, 3.8) is 0 Å². The van der Waals surface area contributed by atoms with Crippen molar-refractivity contribution in [1.82, 2.24) is 0 Å². The van der Waals surface area contributed by atoms with Crippen LogP contribution in [0.5, 0.6) is 0 Å². The van der Waals surface area contributed by atoms with Crippen molar-refractivity contribution in [3.05, 3.63) is 58.3 Å². The first-order chi connectivity index (χ1) is 8.08. The van der Waals surface area contributed by atoms with Gasteiger partial charge in [-0.25, -0.2) is 9.18 Å². The van der Waals surface area contributed by atoms with Crippen molar-refractivity contribution < 1.29 is 14.3 Å². The molecule has 2 nitrogen and oxygen atoms in total. The van der Waals surface area contributed by atoms with Crippen LogP contribution in [0.2, 0.25) is 0 Å². The highest BCUT2D eigenvalue weighted by Gasteiger charge is 2.09. The van der Waals surface area contributed by atoms with Gasteiger partial charge in [0.15, 0.2) is 0 Å². The summed E-state index contributed by atoms with van der Waals surface area (Å²) in [7, 11) is 0. The van der Waals surface area contributed by atoms with E-state index >= 15 is 0 Å². The molecule has 1 N–H and O–H groups in total. The third-order valence-electron chi connectivity index (χ3n) is 2.37. The van der Waals surface area contributed by atoms with Gasteiger partial charge >= 0.3 is 5.97 Å². The molecule has 0 atom stereocenters. The minimum absolute atomic E-state index is 0.0524. The minimum Gasteiger partial charge on any atom is -0.478 e. The van der Waals surface area contributed by atoms with Crippen LogP contribution in [0.15, 0.2) is 46.9 Å². The molecular weight excluding hydrogens is 287 g/mol. The maximum Gasteiger partial charge on any atom is 0.335 e. The van der Waals surface area contributed by atoms with Crippen molar-refractivity contribution in [3.8, 4) is 11.1 Å². The van der Waals surface area contributed by atoms with E-state index in [1.165, 1.54) is 12.1 Å². The molecule has 0 aliphatic heterocycles. The molecule has 2 rings (SSSR count). The quantitative estimate of drug-likeness (QED) is 0.910. The van der Waals surface area contributed by atoms with E-state index in [0.29, 0.717) is 11.1 Å². The predicted molar refractivity (Wildman–Crippen MR) is 66.5 cm³/mol. The lowest BCUT2D eigenvalue weighted by Gasteiger charge is -2.04. The number of halogens is 2. The third kappa shape index (κ3) is 2.53. The van der Waals surface area contributed by atoms with Crippen LogP contribution in [0, 0.1) is 5.82 Å². The van der Waals surface area contributed by atoms with E-state index in [2.05, 4.69) is 15.9 Å². The topological polar surface area (TPSA) is 37.3 Å². The van der Waals surface area contributed by atoms with Crippen LogP contribution >= 0.6 is 15.9 Å². The predicted octanol–water partition coefficient (Wildman–Crippen LogP) is 3.95. The Morgan fingerprint density at radius 3 is 2.29 bits per heavy atom. The van der Waals surface area contributed by atoms with Gasteiger partial charge in [0.25, 0.3) is 0 Å². The molecule has 4 heteroatoms. The molecule has 0 radical (unpaired) electrons. The monoisotopic (exact) mass is 294 g/mol. The zero-order valence-electron chi connectivity index (χ0n) is 8.65. The molecule has 0 saturated carbocycles. The van der Waals surface area contributed by atoms with Gasteiger partial charge in [0, 0.05) is 10.0 Å². The molecule has 0 aliphatic rings. The largest absolute Gasteiger partial charge is 0.478 e. The summed E-state index contributed by atoms with van der Waals surface area (Å²) in [5.74, 6) is -1.67. The number of carboxylic acid groups (broad SMARTS) is 1. The maximum absolute atomic E-state index is 13.7. The van der Waals surface area contributed by atoms with Gasteiger partial charge in [-0.1, -0.05) is 34.1 Å². The SMILES string of the molecule is O=C(O)c1ccc(-c2ccc(Br)cc2)c(F)c1. The Kier molecular flexibility index (Phi) is 3.24. The van der Waals surface area contributed by atoms with Crippen molar-refractivity contribution in [1.29, 1.82) is 0 Å². The fraction of sp³-hybridized carbons (Fsp3) is 0. The number of benzene rings is 2. The molecule has 86 valence electrons. The average molecular weight is 295 g/mol. The second-order valence-corrected chi connectivity index (χ2v) is 4.42. The number of hydrogen-bond acceptors (Lipinski definition) is 1. The number of carbonyl (C=O) groups is 1. The van der Waals surface area contributed by atoms with Crippen molar-refractivity contribution >= 4 is 21.9 Å². The first kappa shape index (κ1) is 11.8. The standard InChI is InChI=1S/C13H8BrFO2/c14-10-4-1-8(2-5-10)11-6-3-9(13(16)17)7-12(11)15/h1-7H,(H,16,17). The van der Waals surface area contributed by atoms with Crippen LogP contribution in [0.1, 0.15) is 10.4 Å². The van der Waals surface area contributed by atoms with Gasteiger partial charge in [0.2, 0.25) is 0 Å². The molecule has 0 aromatic heterocycles. The zero-order chi connectivity index (χ0) is 12.4. The van der Waals surface area contributed by atoms with Crippen LogP contribution in [0.3, 0.4) is 0 Å². The lowest BCUT2D eigenvalue weighted by molar-refractivity contribution is 0.0696. The highest BCUT2D eigenvalue weighted by atomic mass is 79.9. The van der Waals surface area contributed by atoms with E-state index in [1.807, 2.05) is 0 Å². The van der Waals surface area contributed by atoms with Gasteiger partial charge < -0.3 is 5.11 Å². The van der Waals surface area contributed by atoms with E-state index in [9.17, 15) is 9.18 Å². The Balaban J connectivity index is 2.46. The van der Waals surface area contributed by atoms with Gasteiger partial charge in [-0.05, 0) is 29.8 Å². The Labute approximate surface area is 106 Å². The van der Waals surface area contributed by atoms with Crippen molar-refractivity contribution in [2.75, 3.05) is 0 Å². The summed E-state index contributed by atoms with van der Waals surface area (Å²) >= 11 is 3.30. The van der Waals surface area contributed by atoms with Crippen molar-refractivity contribution in [2.24, 2.45) is 0 Å². The maximum atomic E-state index is 13.7. The molecule has 0 saturated heterocycles. The van der Waals surface area contributed by atoms with Gasteiger partial charge in [0.05, 0.1) is 5.56 Å². The molecule has 0 aliphatic carbocycles. The third-order valence-corrected chi connectivity index (χ3v) is 2.90. The van der Waals surface area contributed by atoms with Gasteiger partial charge in [-0.2, -0.15) is 0 Å². The summed E-state index contributed by atoms with van der Waals surface area (Å²) in [5, 5.41) is 8.73. The molecule has 0 amide bonds. The highest BCUT2D eigenvalue weighted by Crippen LogP contribution is 2.25. The molecular formula is C13H8BrFO2. The summed E-state index contributed by atoms with van der Waals surface area (Å²) in [5.41, 5.74) is 1.05. The summed E-state index contributed by atoms with van der Waals surface area (Å²) in [6.45, 7) is 0. The lowest BCUT2D eigenvalue weighted by atomic mass is 10.0. The summed E-state index contributed by atoms with van der Waals surface area (Å²) in [4.78, 5) is 10.7. The second-order valence-electron chi connectivity index (χ2n) is 3.51. The number of hydrogen-bond donors (Lipinski definition) is 1. The molecule has 17 heavy (non-hydrogen) atoms. The van der Waals surface area contributed by atoms with Crippen molar-refractivity contribution in [2.45, 2.75) is 0 Å². The molecule has 0 heterocycles. The van der Waals surface area contributed by atoms with Gasteiger partial charge in [-0.3, -0.25) is 0 Å². The Morgan fingerprint density at radius 2 is 1.76 bits per heavy atom. The second kappa shape index (κ2) is 4.67. The molecule has 2 aromatic rings. The molecule has 0 fully saturated rings. The Hall–Kier alpha value is -1.68. The van der Waals surface area contributed by atoms with E-state index in [1.54, 1.807) is 24.3 Å². The Morgan fingerprint density at radius 1 is 1.12 bits per heavy atom. The lowest BCUT2D eigenvalue weighted by Crippen LogP contribution is -1.97. The van der Waals surface area contributed by atoms with E-state index in [4.69, 9.17) is 5.11 Å². The molecule has 0 unspecified atom stereocenters. The van der Waals surface area contributed by atoms with Crippen LogP contribution in [0.4, 0.5) is 4.39 Å². The van der Waals surface area contributed by atoms with Crippen LogP contribution < -0.4 is 0 Å². The normalized spacial score (nSPS) is 10.2. The minimum atomic E-state index is -1.13. The average Bonchev–Trinajstić information content (AvgIpc) is 2.30. The van der Waals surface area contributed by atoms with E-state index in [-0.39, 0.29) is 5.56 Å². The fourth-order valence-electron chi connectivity index (χ4n) is 1.51. The molecule has 0 bridgehead atoms. The number of aromatic carboxylic acids is 1. The smallest absolute Gasteiger partial charge is 0.335 e. The van der Waals surface area contributed by atoms with Gasteiger partial charge in [-0.15, -0.1) is 0 Å².